The molecule has 0 saturated carbocycles. The lowest BCUT2D eigenvalue weighted by atomic mass is 9.91. The van der Waals surface area contributed by atoms with Gasteiger partial charge in [0.05, 0.1) is 11.4 Å². The standard InChI is InChI=1S/C14H22N2/c1-10-4-5-13(15)14(7-10)16-8-11(2)6-12(3)9-16/h4-5,7,11-12H,6,8-9,15H2,1-3H3/t11-,12-/m0/s1. The van der Waals surface area contributed by atoms with Gasteiger partial charge >= 0.3 is 0 Å². The lowest BCUT2D eigenvalue weighted by Gasteiger charge is -2.37. The van der Waals surface area contributed by atoms with Gasteiger partial charge in [0, 0.05) is 13.1 Å². The van der Waals surface area contributed by atoms with Crippen LogP contribution in [0, 0.1) is 18.8 Å². The van der Waals surface area contributed by atoms with Crippen molar-refractivity contribution in [3.05, 3.63) is 23.8 Å². The summed E-state index contributed by atoms with van der Waals surface area (Å²) in [7, 11) is 0. The largest absolute Gasteiger partial charge is 0.397 e. The molecule has 2 atom stereocenters. The molecular weight excluding hydrogens is 196 g/mol. The zero-order valence-corrected chi connectivity index (χ0v) is 10.5. The van der Waals surface area contributed by atoms with Gasteiger partial charge in [-0.05, 0) is 42.9 Å². The lowest BCUT2D eigenvalue weighted by molar-refractivity contribution is 0.357. The number of hydrogen-bond acceptors (Lipinski definition) is 2. The Morgan fingerprint density at radius 3 is 2.44 bits per heavy atom. The molecule has 2 N–H and O–H groups in total. The molecular formula is C14H22N2. The van der Waals surface area contributed by atoms with Gasteiger partial charge in [-0.2, -0.15) is 0 Å². The van der Waals surface area contributed by atoms with Crippen LogP contribution in [0.1, 0.15) is 25.8 Å². The van der Waals surface area contributed by atoms with Crippen molar-refractivity contribution >= 4 is 11.4 Å². The van der Waals surface area contributed by atoms with Crippen molar-refractivity contribution in [3.8, 4) is 0 Å². The Kier molecular flexibility index (Phi) is 3.08. The maximum absolute atomic E-state index is 6.07. The smallest absolute Gasteiger partial charge is 0.0602 e. The fourth-order valence-electron chi connectivity index (χ4n) is 2.79. The molecule has 1 aliphatic heterocycles. The summed E-state index contributed by atoms with van der Waals surface area (Å²) < 4.78 is 0. The topological polar surface area (TPSA) is 29.3 Å². The first kappa shape index (κ1) is 11.3. The Balaban J connectivity index is 2.25. The molecule has 1 heterocycles. The zero-order valence-electron chi connectivity index (χ0n) is 10.5. The van der Waals surface area contributed by atoms with Gasteiger partial charge in [-0.25, -0.2) is 0 Å². The summed E-state index contributed by atoms with van der Waals surface area (Å²) in [5.74, 6) is 1.53. The van der Waals surface area contributed by atoms with Crippen LogP contribution in [0.25, 0.3) is 0 Å². The van der Waals surface area contributed by atoms with Gasteiger partial charge < -0.3 is 10.6 Å². The molecule has 0 radical (unpaired) electrons. The maximum Gasteiger partial charge on any atom is 0.0602 e. The molecule has 1 aromatic rings. The number of nitrogens with zero attached hydrogens (tertiary/aromatic N) is 1. The Hall–Kier alpha value is -1.18. The third-order valence-corrected chi connectivity index (χ3v) is 3.40. The van der Waals surface area contributed by atoms with Crippen molar-refractivity contribution in [1.29, 1.82) is 0 Å². The van der Waals surface area contributed by atoms with Gasteiger partial charge in [0.2, 0.25) is 0 Å². The number of aryl methyl sites for hydroxylation is 1. The zero-order chi connectivity index (χ0) is 11.7. The third kappa shape index (κ3) is 2.31. The van der Waals surface area contributed by atoms with Crippen LogP contribution < -0.4 is 10.6 Å². The summed E-state index contributed by atoms with van der Waals surface area (Å²) in [5.41, 5.74) is 9.49. The molecule has 0 bridgehead atoms. The highest BCUT2D eigenvalue weighted by Crippen LogP contribution is 2.30. The minimum absolute atomic E-state index is 0.767. The van der Waals surface area contributed by atoms with E-state index in [2.05, 4.69) is 37.8 Å². The van der Waals surface area contributed by atoms with Crippen molar-refractivity contribution < 1.29 is 0 Å². The van der Waals surface area contributed by atoms with E-state index in [-0.39, 0.29) is 0 Å². The Morgan fingerprint density at radius 1 is 1.19 bits per heavy atom. The van der Waals surface area contributed by atoms with Crippen molar-refractivity contribution in [3.63, 3.8) is 0 Å². The summed E-state index contributed by atoms with van der Waals surface area (Å²) in [5, 5.41) is 0. The quantitative estimate of drug-likeness (QED) is 0.734. The minimum Gasteiger partial charge on any atom is -0.397 e. The number of rotatable bonds is 1. The highest BCUT2D eigenvalue weighted by atomic mass is 15.1. The van der Waals surface area contributed by atoms with Crippen LogP contribution in [0.3, 0.4) is 0 Å². The fourth-order valence-corrected chi connectivity index (χ4v) is 2.79. The van der Waals surface area contributed by atoms with E-state index in [1.165, 1.54) is 17.7 Å². The summed E-state index contributed by atoms with van der Waals surface area (Å²) in [6.07, 6.45) is 1.34. The Labute approximate surface area is 98.4 Å². The van der Waals surface area contributed by atoms with E-state index in [0.717, 1.165) is 30.6 Å². The highest BCUT2D eigenvalue weighted by molar-refractivity contribution is 5.68. The van der Waals surface area contributed by atoms with Gasteiger partial charge in [-0.1, -0.05) is 19.9 Å². The van der Waals surface area contributed by atoms with Crippen LogP contribution in [-0.2, 0) is 0 Å². The van der Waals surface area contributed by atoms with E-state index in [1.54, 1.807) is 0 Å². The molecule has 1 saturated heterocycles. The predicted molar refractivity (Wildman–Crippen MR) is 70.7 cm³/mol. The highest BCUT2D eigenvalue weighted by Gasteiger charge is 2.22. The summed E-state index contributed by atoms with van der Waals surface area (Å²) in [6.45, 7) is 9.05. The number of piperidine rings is 1. The summed E-state index contributed by atoms with van der Waals surface area (Å²) in [6, 6.07) is 6.31. The molecule has 0 aliphatic carbocycles. The fraction of sp³-hybridized carbons (Fsp3) is 0.571. The van der Waals surface area contributed by atoms with Crippen LogP contribution in [0.4, 0.5) is 11.4 Å². The van der Waals surface area contributed by atoms with E-state index in [0.29, 0.717) is 0 Å². The Morgan fingerprint density at radius 2 is 1.81 bits per heavy atom. The van der Waals surface area contributed by atoms with Gasteiger partial charge in [-0.15, -0.1) is 0 Å². The molecule has 1 aliphatic rings. The lowest BCUT2D eigenvalue weighted by Crippen LogP contribution is -2.39. The summed E-state index contributed by atoms with van der Waals surface area (Å²) >= 11 is 0. The van der Waals surface area contributed by atoms with E-state index in [9.17, 15) is 0 Å². The summed E-state index contributed by atoms with van der Waals surface area (Å²) in [4.78, 5) is 2.45. The second kappa shape index (κ2) is 4.36. The van der Waals surface area contributed by atoms with Crippen molar-refractivity contribution in [2.24, 2.45) is 11.8 Å². The maximum atomic E-state index is 6.07. The second-order valence-electron chi connectivity index (χ2n) is 5.41. The van der Waals surface area contributed by atoms with Crippen molar-refractivity contribution in [2.45, 2.75) is 27.2 Å². The molecule has 1 fully saturated rings. The minimum atomic E-state index is 0.767. The van der Waals surface area contributed by atoms with Crippen molar-refractivity contribution in [2.75, 3.05) is 23.7 Å². The van der Waals surface area contributed by atoms with Crippen LogP contribution in [0.2, 0.25) is 0 Å². The number of nitrogen functional groups attached to an aromatic ring is 1. The monoisotopic (exact) mass is 218 g/mol. The number of hydrogen-bond donors (Lipinski definition) is 1. The molecule has 2 nitrogen and oxygen atoms in total. The van der Waals surface area contributed by atoms with Crippen molar-refractivity contribution in [1.82, 2.24) is 0 Å². The molecule has 0 amide bonds. The van der Waals surface area contributed by atoms with E-state index >= 15 is 0 Å². The average molecular weight is 218 g/mol. The van der Waals surface area contributed by atoms with Gasteiger partial charge in [0.15, 0.2) is 0 Å². The molecule has 2 rings (SSSR count). The predicted octanol–water partition coefficient (Wildman–Crippen LogP) is 3.06. The SMILES string of the molecule is Cc1ccc(N)c(N2C[C@@H](C)C[C@H](C)C2)c1. The average Bonchev–Trinajstić information content (AvgIpc) is 2.20. The van der Waals surface area contributed by atoms with Gasteiger partial charge in [-0.3, -0.25) is 0 Å². The third-order valence-electron chi connectivity index (χ3n) is 3.40. The first-order valence-corrected chi connectivity index (χ1v) is 6.17. The first-order chi connectivity index (χ1) is 7.56. The normalized spacial score (nSPS) is 25.8. The second-order valence-corrected chi connectivity index (χ2v) is 5.41. The number of benzene rings is 1. The van der Waals surface area contributed by atoms with Gasteiger partial charge in [0.25, 0.3) is 0 Å². The van der Waals surface area contributed by atoms with E-state index in [4.69, 9.17) is 5.73 Å². The number of anilines is 2. The molecule has 1 aromatic carbocycles. The first-order valence-electron chi connectivity index (χ1n) is 6.17. The van der Waals surface area contributed by atoms with E-state index < -0.39 is 0 Å². The number of nitrogens with two attached hydrogens (primary N) is 1. The Bertz CT molecular complexity index is 363. The van der Waals surface area contributed by atoms with Gasteiger partial charge in [0.1, 0.15) is 0 Å². The molecule has 0 unspecified atom stereocenters. The molecule has 2 heteroatoms. The van der Waals surface area contributed by atoms with Crippen LogP contribution >= 0.6 is 0 Å². The van der Waals surface area contributed by atoms with Crippen LogP contribution in [0.15, 0.2) is 18.2 Å². The van der Waals surface area contributed by atoms with Crippen LogP contribution in [0.5, 0.6) is 0 Å². The van der Waals surface area contributed by atoms with E-state index in [1.807, 2.05) is 6.07 Å². The molecule has 0 aromatic heterocycles. The molecule has 0 spiro atoms. The molecule has 16 heavy (non-hydrogen) atoms. The van der Waals surface area contributed by atoms with Crippen LogP contribution in [-0.4, -0.2) is 13.1 Å². The molecule has 88 valence electrons.